The van der Waals surface area contributed by atoms with Crippen LogP contribution in [0.3, 0.4) is 0 Å². The lowest BCUT2D eigenvalue weighted by Crippen LogP contribution is -2.08. The highest BCUT2D eigenvalue weighted by Crippen LogP contribution is 2.33. The lowest BCUT2D eigenvalue weighted by molar-refractivity contribution is -0.116. The van der Waals surface area contributed by atoms with Gasteiger partial charge in [0.05, 0.1) is 11.7 Å². The van der Waals surface area contributed by atoms with Crippen molar-refractivity contribution in [2.24, 2.45) is 0 Å². The molecule has 1 aromatic heterocycles. The smallest absolute Gasteiger partial charge is 0.231 e. The highest BCUT2D eigenvalue weighted by molar-refractivity contribution is 7.99. The average molecular weight is 473 g/mol. The molecule has 1 aliphatic heterocycles. The van der Waals surface area contributed by atoms with Crippen molar-refractivity contribution in [2.45, 2.75) is 24.4 Å². The minimum atomic E-state index is -0.329. The van der Waals surface area contributed by atoms with Gasteiger partial charge >= 0.3 is 0 Å². The lowest BCUT2D eigenvalue weighted by atomic mass is 9.99. The van der Waals surface area contributed by atoms with Crippen molar-refractivity contribution >= 4 is 29.1 Å². The van der Waals surface area contributed by atoms with Crippen LogP contribution >= 0.6 is 11.8 Å². The third-order valence-electron chi connectivity index (χ3n) is 5.81. The first-order valence-corrected chi connectivity index (χ1v) is 11.8. The van der Waals surface area contributed by atoms with Crippen LogP contribution in [0.2, 0.25) is 0 Å². The Balaban J connectivity index is 1.40. The van der Waals surface area contributed by atoms with Crippen LogP contribution in [-0.4, -0.2) is 32.2 Å². The van der Waals surface area contributed by atoms with E-state index in [-0.39, 0.29) is 29.2 Å². The van der Waals surface area contributed by atoms with Gasteiger partial charge in [-0.25, -0.2) is 4.39 Å². The zero-order valence-electron chi connectivity index (χ0n) is 18.4. The zero-order valence-corrected chi connectivity index (χ0v) is 19.2. The molecule has 4 aromatic rings. The maximum atomic E-state index is 13.5. The van der Waals surface area contributed by atoms with Gasteiger partial charge in [-0.15, -0.1) is 10.2 Å². The Hall–Kier alpha value is -3.78. The third kappa shape index (κ3) is 4.36. The van der Waals surface area contributed by atoms with Crippen LogP contribution in [0.15, 0.2) is 78.0 Å². The number of hydrogen-bond donors (Lipinski definition) is 1. The number of Topliss-reactive ketones (excluding diaryl/α,β-unsaturated/α-hetero) is 1. The van der Waals surface area contributed by atoms with Crippen LogP contribution < -0.4 is 5.32 Å². The van der Waals surface area contributed by atoms with E-state index in [1.807, 2.05) is 41.8 Å². The van der Waals surface area contributed by atoms with E-state index < -0.39 is 0 Å². The number of amides is 1. The summed E-state index contributed by atoms with van der Waals surface area (Å²) in [5.41, 5.74) is 3.93. The van der Waals surface area contributed by atoms with Crippen LogP contribution in [0, 0.1) is 5.82 Å². The Morgan fingerprint density at radius 1 is 1.06 bits per heavy atom. The van der Waals surface area contributed by atoms with Crippen molar-refractivity contribution in [3.8, 4) is 5.69 Å². The number of ketones is 1. The molecule has 0 saturated carbocycles. The molecule has 0 radical (unpaired) electrons. The number of nitrogens with zero attached hydrogens (tertiary/aromatic N) is 3. The fourth-order valence-electron chi connectivity index (χ4n) is 3.94. The summed E-state index contributed by atoms with van der Waals surface area (Å²) in [7, 11) is 0. The molecule has 0 aliphatic carbocycles. The molecule has 6 nitrogen and oxygen atoms in total. The molecule has 5 rings (SSSR count). The average Bonchev–Trinajstić information content (AvgIpc) is 3.38. The summed E-state index contributed by atoms with van der Waals surface area (Å²) in [5.74, 6) is 0.106. The Morgan fingerprint density at radius 3 is 2.59 bits per heavy atom. The number of aromatic nitrogens is 3. The molecular formula is C26H21FN4O2S. The third-order valence-corrected chi connectivity index (χ3v) is 6.74. The van der Waals surface area contributed by atoms with Crippen LogP contribution in [0.5, 0.6) is 0 Å². The Bertz CT molecular complexity index is 1370. The van der Waals surface area contributed by atoms with Crippen molar-refractivity contribution in [3.63, 3.8) is 0 Å². The lowest BCUT2D eigenvalue weighted by Gasteiger charge is -2.11. The Morgan fingerprint density at radius 2 is 1.82 bits per heavy atom. The molecule has 1 aliphatic rings. The molecule has 0 saturated heterocycles. The minimum Gasteiger partial charge on any atom is -0.325 e. The molecule has 34 heavy (non-hydrogen) atoms. The number of benzene rings is 3. The summed E-state index contributed by atoms with van der Waals surface area (Å²) < 4.78 is 15.4. The standard InChI is InChI=1S/C26H21FN4O2S/c1-16-21-14-18(7-12-22(21)28-25(16)33)23(32)15-34-26-30-29-24(13-17-5-3-2-4-6-17)31(26)20-10-8-19(27)9-11-20/h2-12,14,16H,13,15H2,1H3,(H,28,33)/t16-/m1/s1. The summed E-state index contributed by atoms with van der Waals surface area (Å²) in [6.45, 7) is 1.82. The number of nitrogens with one attached hydrogen (secondary N) is 1. The second-order valence-electron chi connectivity index (χ2n) is 8.10. The first-order valence-electron chi connectivity index (χ1n) is 10.8. The summed E-state index contributed by atoms with van der Waals surface area (Å²) >= 11 is 1.28. The predicted molar refractivity (Wildman–Crippen MR) is 129 cm³/mol. The first-order chi connectivity index (χ1) is 16.5. The molecule has 0 unspecified atom stereocenters. The molecule has 0 spiro atoms. The van der Waals surface area contributed by atoms with Crippen LogP contribution in [0.4, 0.5) is 10.1 Å². The van der Waals surface area contributed by atoms with Gasteiger partial charge in [-0.1, -0.05) is 42.1 Å². The van der Waals surface area contributed by atoms with Crippen molar-refractivity contribution < 1.29 is 14.0 Å². The number of carbonyl (C=O) groups is 2. The second-order valence-corrected chi connectivity index (χ2v) is 9.04. The summed E-state index contributed by atoms with van der Waals surface area (Å²) in [4.78, 5) is 24.9. The van der Waals surface area contributed by atoms with Gasteiger partial charge in [0.2, 0.25) is 5.91 Å². The number of anilines is 1. The molecule has 1 N–H and O–H groups in total. The van der Waals surface area contributed by atoms with E-state index in [9.17, 15) is 14.0 Å². The summed E-state index contributed by atoms with van der Waals surface area (Å²) in [5, 5.41) is 12.1. The normalized spacial score (nSPS) is 14.6. The van der Waals surface area contributed by atoms with Gasteiger partial charge in [-0.2, -0.15) is 0 Å². The molecule has 2 heterocycles. The van der Waals surface area contributed by atoms with Crippen LogP contribution in [-0.2, 0) is 11.2 Å². The van der Waals surface area contributed by atoms with Gasteiger partial charge in [0.25, 0.3) is 0 Å². The Kier molecular flexibility index (Phi) is 5.98. The minimum absolute atomic E-state index is 0.0627. The van der Waals surface area contributed by atoms with Gasteiger partial charge in [0.1, 0.15) is 11.6 Å². The maximum absolute atomic E-state index is 13.5. The van der Waals surface area contributed by atoms with Gasteiger partial charge in [0.15, 0.2) is 10.9 Å². The van der Waals surface area contributed by atoms with E-state index in [1.54, 1.807) is 30.3 Å². The van der Waals surface area contributed by atoms with E-state index in [0.717, 1.165) is 22.5 Å². The predicted octanol–water partition coefficient (Wildman–Crippen LogP) is 5.03. The number of carbonyl (C=O) groups excluding carboxylic acids is 2. The van der Waals surface area contributed by atoms with Gasteiger partial charge in [-0.3, -0.25) is 14.2 Å². The molecular weight excluding hydrogens is 451 g/mol. The fourth-order valence-corrected chi connectivity index (χ4v) is 4.81. The van der Waals surface area contributed by atoms with Crippen LogP contribution in [0.25, 0.3) is 5.69 Å². The summed E-state index contributed by atoms with van der Waals surface area (Å²) in [6.07, 6.45) is 0.545. The SMILES string of the molecule is C[C@H]1C(=O)Nc2ccc(C(=O)CSc3nnc(Cc4ccccc4)n3-c3ccc(F)cc3)cc21. The number of rotatable bonds is 7. The fraction of sp³-hybridized carbons (Fsp3) is 0.154. The maximum Gasteiger partial charge on any atom is 0.231 e. The highest BCUT2D eigenvalue weighted by atomic mass is 32.2. The van der Waals surface area contributed by atoms with E-state index in [2.05, 4.69) is 15.5 Å². The van der Waals surface area contributed by atoms with E-state index in [4.69, 9.17) is 0 Å². The Labute approximate surface area is 200 Å². The van der Waals surface area contributed by atoms with E-state index >= 15 is 0 Å². The quantitative estimate of drug-likeness (QED) is 0.302. The molecule has 1 amide bonds. The van der Waals surface area contributed by atoms with Crippen molar-refractivity contribution in [2.75, 3.05) is 11.1 Å². The highest BCUT2D eigenvalue weighted by Gasteiger charge is 2.27. The van der Waals surface area contributed by atoms with E-state index in [0.29, 0.717) is 23.0 Å². The van der Waals surface area contributed by atoms with Crippen LogP contribution in [0.1, 0.15) is 40.2 Å². The zero-order chi connectivity index (χ0) is 23.7. The second kappa shape index (κ2) is 9.23. The van der Waals surface area contributed by atoms with Gasteiger partial charge in [0, 0.05) is 23.4 Å². The number of halogens is 1. The summed E-state index contributed by atoms with van der Waals surface area (Å²) in [6, 6.07) is 21.3. The molecule has 0 bridgehead atoms. The molecule has 170 valence electrons. The van der Waals surface area contributed by atoms with Crippen molar-refractivity contribution in [1.29, 1.82) is 0 Å². The van der Waals surface area contributed by atoms with Gasteiger partial charge in [-0.05, 0) is 60.5 Å². The monoisotopic (exact) mass is 472 g/mol. The van der Waals surface area contributed by atoms with E-state index in [1.165, 1.54) is 23.9 Å². The van der Waals surface area contributed by atoms with Crippen molar-refractivity contribution in [3.05, 3.63) is 101 Å². The molecule has 1 atom stereocenters. The van der Waals surface area contributed by atoms with Gasteiger partial charge < -0.3 is 5.32 Å². The largest absolute Gasteiger partial charge is 0.325 e. The molecule has 8 heteroatoms. The topological polar surface area (TPSA) is 76.9 Å². The number of hydrogen-bond acceptors (Lipinski definition) is 5. The number of fused-ring (bicyclic) bond motifs is 1. The number of thioether (sulfide) groups is 1. The van der Waals surface area contributed by atoms with Crippen molar-refractivity contribution in [1.82, 2.24) is 14.8 Å². The molecule has 3 aromatic carbocycles. The first kappa shape index (κ1) is 22.0. The molecule has 0 fully saturated rings.